The second-order valence-electron chi connectivity index (χ2n) is 5.62. The van der Waals surface area contributed by atoms with E-state index in [4.69, 9.17) is 16.3 Å². The molecular weight excluding hydrogens is 352 g/mol. The molecule has 0 aliphatic heterocycles. The molecule has 2 aromatic carbocycles. The highest BCUT2D eigenvalue weighted by atomic mass is 35.5. The number of nitrogens with zero attached hydrogens (tertiary/aromatic N) is 2. The van der Waals surface area contributed by atoms with Crippen molar-refractivity contribution >= 4 is 23.4 Å². The van der Waals surface area contributed by atoms with Gasteiger partial charge in [-0.2, -0.15) is 4.98 Å². The van der Waals surface area contributed by atoms with E-state index in [9.17, 15) is 0 Å². The molecule has 0 radical (unpaired) electrons. The van der Waals surface area contributed by atoms with Gasteiger partial charge in [0.15, 0.2) is 5.16 Å². The first kappa shape index (κ1) is 17.8. The highest BCUT2D eigenvalue weighted by Crippen LogP contribution is 2.27. The molecule has 5 heteroatoms. The average Bonchev–Trinajstić information content (AvgIpc) is 2.62. The van der Waals surface area contributed by atoms with Crippen molar-refractivity contribution in [2.24, 2.45) is 0 Å². The van der Waals surface area contributed by atoms with Crippen LogP contribution < -0.4 is 4.74 Å². The van der Waals surface area contributed by atoms with Crippen LogP contribution >= 0.6 is 23.4 Å². The Morgan fingerprint density at radius 3 is 2.64 bits per heavy atom. The molecular formula is C20H19ClN2OS. The fourth-order valence-electron chi connectivity index (χ4n) is 2.31. The standard InChI is InChI=1S/C20H19ClN2OS/c1-3-17-12-19(24-18-10-5-4-7-14(18)2)23-20(22-17)25-13-15-8-6-9-16(21)11-15/h4-12H,3,13H2,1-2H3. The number of aryl methyl sites for hydroxylation is 2. The summed E-state index contributed by atoms with van der Waals surface area (Å²) in [6.45, 7) is 4.09. The highest BCUT2D eigenvalue weighted by Gasteiger charge is 2.08. The van der Waals surface area contributed by atoms with Crippen molar-refractivity contribution in [3.05, 3.63) is 76.4 Å². The summed E-state index contributed by atoms with van der Waals surface area (Å²) in [5.41, 5.74) is 3.18. The van der Waals surface area contributed by atoms with E-state index in [1.807, 2.05) is 61.5 Å². The van der Waals surface area contributed by atoms with Crippen molar-refractivity contribution in [2.45, 2.75) is 31.2 Å². The number of hydrogen-bond acceptors (Lipinski definition) is 4. The van der Waals surface area contributed by atoms with Crippen LogP contribution in [0.25, 0.3) is 0 Å². The third-order valence-electron chi connectivity index (χ3n) is 3.66. The Bertz CT molecular complexity index is 870. The molecule has 0 N–H and O–H groups in total. The molecule has 128 valence electrons. The lowest BCUT2D eigenvalue weighted by Crippen LogP contribution is -1.98. The number of benzene rings is 2. The Labute approximate surface area is 157 Å². The number of thioether (sulfide) groups is 1. The van der Waals surface area contributed by atoms with Gasteiger partial charge < -0.3 is 4.74 Å². The Hall–Kier alpha value is -2.04. The molecule has 3 nitrogen and oxygen atoms in total. The van der Waals surface area contributed by atoms with Crippen LogP contribution in [-0.2, 0) is 12.2 Å². The van der Waals surface area contributed by atoms with Gasteiger partial charge >= 0.3 is 0 Å². The normalized spacial score (nSPS) is 10.7. The van der Waals surface area contributed by atoms with Crippen LogP contribution in [0, 0.1) is 6.92 Å². The molecule has 0 spiro atoms. The molecule has 3 rings (SSSR count). The quantitative estimate of drug-likeness (QED) is 0.388. The minimum atomic E-state index is 0.578. The van der Waals surface area contributed by atoms with E-state index in [0.29, 0.717) is 11.0 Å². The molecule has 1 aromatic heterocycles. The fraction of sp³-hybridized carbons (Fsp3) is 0.200. The lowest BCUT2D eigenvalue weighted by atomic mass is 10.2. The molecule has 0 saturated carbocycles. The Kier molecular flexibility index (Phi) is 5.95. The van der Waals surface area contributed by atoms with E-state index in [2.05, 4.69) is 16.9 Å². The van der Waals surface area contributed by atoms with Crippen LogP contribution in [-0.4, -0.2) is 9.97 Å². The Morgan fingerprint density at radius 1 is 1.04 bits per heavy atom. The van der Waals surface area contributed by atoms with E-state index in [-0.39, 0.29) is 0 Å². The van der Waals surface area contributed by atoms with Crippen molar-refractivity contribution in [1.29, 1.82) is 0 Å². The maximum absolute atomic E-state index is 6.04. The molecule has 0 atom stereocenters. The largest absolute Gasteiger partial charge is 0.439 e. The van der Waals surface area contributed by atoms with Crippen LogP contribution in [0.5, 0.6) is 11.6 Å². The van der Waals surface area contributed by atoms with E-state index in [1.165, 1.54) is 0 Å². The summed E-state index contributed by atoms with van der Waals surface area (Å²) in [6, 6.07) is 17.7. The van der Waals surface area contributed by atoms with Gasteiger partial charge in [-0.05, 0) is 42.7 Å². The van der Waals surface area contributed by atoms with E-state index in [0.717, 1.165) is 39.8 Å². The van der Waals surface area contributed by atoms with Crippen LogP contribution in [0.15, 0.2) is 59.8 Å². The van der Waals surface area contributed by atoms with E-state index >= 15 is 0 Å². The summed E-state index contributed by atoms with van der Waals surface area (Å²) in [5, 5.41) is 1.45. The molecule has 0 aliphatic rings. The lowest BCUT2D eigenvalue weighted by molar-refractivity contribution is 0.450. The van der Waals surface area contributed by atoms with Crippen LogP contribution in [0.1, 0.15) is 23.7 Å². The average molecular weight is 371 g/mol. The first-order valence-corrected chi connectivity index (χ1v) is 9.49. The smallest absolute Gasteiger partial charge is 0.223 e. The van der Waals surface area contributed by atoms with Gasteiger partial charge in [-0.3, -0.25) is 0 Å². The second-order valence-corrected chi connectivity index (χ2v) is 7.00. The molecule has 0 saturated heterocycles. The lowest BCUT2D eigenvalue weighted by Gasteiger charge is -2.10. The van der Waals surface area contributed by atoms with Crippen molar-refractivity contribution in [1.82, 2.24) is 9.97 Å². The molecule has 25 heavy (non-hydrogen) atoms. The second kappa shape index (κ2) is 8.37. The minimum Gasteiger partial charge on any atom is -0.439 e. The molecule has 1 heterocycles. The van der Waals surface area contributed by atoms with E-state index < -0.39 is 0 Å². The van der Waals surface area contributed by atoms with Crippen LogP contribution in [0.2, 0.25) is 5.02 Å². The summed E-state index contributed by atoms with van der Waals surface area (Å²) in [7, 11) is 0. The van der Waals surface area contributed by atoms with Gasteiger partial charge in [0.25, 0.3) is 0 Å². The number of aromatic nitrogens is 2. The molecule has 0 amide bonds. The molecule has 0 aliphatic carbocycles. The Balaban J connectivity index is 1.79. The SMILES string of the molecule is CCc1cc(Oc2ccccc2C)nc(SCc2cccc(Cl)c2)n1. The van der Waals surface area contributed by atoms with Gasteiger partial charge in [-0.15, -0.1) is 0 Å². The van der Waals surface area contributed by atoms with Crippen molar-refractivity contribution < 1.29 is 4.74 Å². The predicted molar refractivity (Wildman–Crippen MR) is 104 cm³/mol. The minimum absolute atomic E-state index is 0.578. The van der Waals surface area contributed by atoms with Crippen molar-refractivity contribution in [2.75, 3.05) is 0 Å². The van der Waals surface area contributed by atoms with Crippen LogP contribution in [0.3, 0.4) is 0 Å². The third kappa shape index (κ3) is 4.97. The summed E-state index contributed by atoms with van der Waals surface area (Å²) >= 11 is 7.62. The molecule has 0 fully saturated rings. The fourth-order valence-corrected chi connectivity index (χ4v) is 3.33. The predicted octanol–water partition coefficient (Wildman–Crippen LogP) is 6.09. The van der Waals surface area contributed by atoms with Gasteiger partial charge in [-0.1, -0.05) is 60.6 Å². The van der Waals surface area contributed by atoms with Crippen LogP contribution in [0.4, 0.5) is 0 Å². The van der Waals surface area contributed by atoms with Gasteiger partial charge in [0.05, 0.1) is 0 Å². The number of rotatable bonds is 6. The van der Waals surface area contributed by atoms with E-state index in [1.54, 1.807) is 11.8 Å². The van der Waals surface area contributed by atoms with Crippen molar-refractivity contribution in [3.63, 3.8) is 0 Å². The van der Waals surface area contributed by atoms with Gasteiger partial charge in [0.1, 0.15) is 5.75 Å². The number of ether oxygens (including phenoxy) is 1. The monoisotopic (exact) mass is 370 g/mol. The topological polar surface area (TPSA) is 35.0 Å². The zero-order valence-electron chi connectivity index (χ0n) is 14.2. The van der Waals surface area contributed by atoms with Gasteiger partial charge in [0.2, 0.25) is 5.88 Å². The molecule has 3 aromatic rings. The first-order chi connectivity index (χ1) is 12.1. The summed E-state index contributed by atoms with van der Waals surface area (Å²) < 4.78 is 5.98. The highest BCUT2D eigenvalue weighted by molar-refractivity contribution is 7.98. The maximum atomic E-state index is 6.04. The zero-order valence-corrected chi connectivity index (χ0v) is 15.8. The zero-order chi connectivity index (χ0) is 17.6. The number of para-hydroxylation sites is 1. The third-order valence-corrected chi connectivity index (χ3v) is 4.82. The molecule has 0 bridgehead atoms. The molecule has 0 unspecified atom stereocenters. The summed E-state index contributed by atoms with van der Waals surface area (Å²) in [6.07, 6.45) is 0.831. The number of hydrogen-bond donors (Lipinski definition) is 0. The first-order valence-electron chi connectivity index (χ1n) is 8.12. The summed E-state index contributed by atoms with van der Waals surface area (Å²) in [5.74, 6) is 2.15. The number of halogens is 1. The maximum Gasteiger partial charge on any atom is 0.223 e. The van der Waals surface area contributed by atoms with Crippen molar-refractivity contribution in [3.8, 4) is 11.6 Å². The van der Waals surface area contributed by atoms with Gasteiger partial charge in [-0.25, -0.2) is 4.98 Å². The Morgan fingerprint density at radius 2 is 1.88 bits per heavy atom. The summed E-state index contributed by atoms with van der Waals surface area (Å²) in [4.78, 5) is 9.14. The van der Waals surface area contributed by atoms with Gasteiger partial charge in [0, 0.05) is 22.5 Å².